The van der Waals surface area contributed by atoms with Crippen molar-refractivity contribution < 1.29 is 9.90 Å². The Kier molecular flexibility index (Phi) is 4.52. The minimum Gasteiger partial charge on any atom is -0.481 e. The molecule has 1 aliphatic rings. The van der Waals surface area contributed by atoms with Crippen LogP contribution in [0.2, 0.25) is 0 Å². The Bertz CT molecular complexity index is 461. The number of carbonyl (C=O) groups is 1. The van der Waals surface area contributed by atoms with E-state index in [0.29, 0.717) is 18.3 Å². The van der Waals surface area contributed by atoms with Gasteiger partial charge in [0.2, 0.25) is 0 Å². The number of benzene rings is 1. The van der Waals surface area contributed by atoms with Gasteiger partial charge in [-0.3, -0.25) is 4.79 Å². The zero-order valence-corrected chi connectivity index (χ0v) is 12.9. The molecule has 1 N–H and O–H groups in total. The zero-order chi connectivity index (χ0) is 14.8. The molecule has 110 valence electrons. The minimum absolute atomic E-state index is 0.521. The lowest BCUT2D eigenvalue weighted by atomic mass is 9.67. The van der Waals surface area contributed by atoms with Gasteiger partial charge in [-0.1, -0.05) is 57.9 Å². The van der Waals surface area contributed by atoms with Crippen LogP contribution in [0.1, 0.15) is 63.5 Å². The molecule has 0 radical (unpaired) electrons. The third kappa shape index (κ3) is 3.23. The first-order chi connectivity index (χ1) is 9.43. The summed E-state index contributed by atoms with van der Waals surface area (Å²) in [6.45, 7) is 6.53. The highest BCUT2D eigenvalue weighted by Gasteiger charge is 2.41. The monoisotopic (exact) mass is 274 g/mol. The maximum absolute atomic E-state index is 11.8. The van der Waals surface area contributed by atoms with Gasteiger partial charge in [0, 0.05) is 0 Å². The van der Waals surface area contributed by atoms with Crippen LogP contribution in [-0.4, -0.2) is 11.1 Å². The number of hydrogen-bond acceptors (Lipinski definition) is 1. The van der Waals surface area contributed by atoms with Crippen LogP contribution < -0.4 is 0 Å². The maximum atomic E-state index is 11.8. The third-order valence-corrected chi connectivity index (χ3v) is 4.73. The van der Waals surface area contributed by atoms with Crippen molar-refractivity contribution in [3.05, 3.63) is 35.4 Å². The van der Waals surface area contributed by atoms with Crippen LogP contribution in [0.4, 0.5) is 0 Å². The average Bonchev–Trinajstić information content (AvgIpc) is 2.39. The lowest BCUT2D eigenvalue weighted by Gasteiger charge is -2.36. The van der Waals surface area contributed by atoms with E-state index < -0.39 is 11.4 Å². The predicted molar refractivity (Wildman–Crippen MR) is 81.9 cm³/mol. The van der Waals surface area contributed by atoms with Crippen LogP contribution >= 0.6 is 0 Å². The summed E-state index contributed by atoms with van der Waals surface area (Å²) in [6, 6.07) is 8.50. The maximum Gasteiger partial charge on any atom is 0.309 e. The fourth-order valence-electron chi connectivity index (χ4n) is 3.50. The van der Waals surface area contributed by atoms with Crippen molar-refractivity contribution >= 4 is 5.97 Å². The van der Waals surface area contributed by atoms with Gasteiger partial charge in [0.25, 0.3) is 0 Å². The van der Waals surface area contributed by atoms with E-state index in [2.05, 4.69) is 45.0 Å². The van der Waals surface area contributed by atoms with Crippen LogP contribution in [0.25, 0.3) is 0 Å². The van der Waals surface area contributed by atoms with E-state index in [9.17, 15) is 9.90 Å². The summed E-state index contributed by atoms with van der Waals surface area (Å²) in [5.74, 6) is 0.430. The summed E-state index contributed by atoms with van der Waals surface area (Å²) < 4.78 is 0. The number of carboxylic acid groups (broad SMARTS) is 1. The van der Waals surface area contributed by atoms with Gasteiger partial charge in [0.1, 0.15) is 0 Å². The number of hydrogen-bond donors (Lipinski definition) is 1. The summed E-state index contributed by atoms with van der Waals surface area (Å²) in [7, 11) is 0. The molecular weight excluding hydrogens is 248 g/mol. The molecule has 0 saturated heterocycles. The molecule has 0 heterocycles. The average molecular weight is 274 g/mol. The molecule has 1 aromatic rings. The fourth-order valence-corrected chi connectivity index (χ4v) is 3.50. The Hall–Kier alpha value is -1.31. The molecule has 20 heavy (non-hydrogen) atoms. The van der Waals surface area contributed by atoms with E-state index in [1.165, 1.54) is 12.0 Å². The quantitative estimate of drug-likeness (QED) is 0.869. The number of carboxylic acids is 1. The minimum atomic E-state index is -0.614. The normalized spacial score (nSPS) is 26.7. The van der Waals surface area contributed by atoms with Gasteiger partial charge < -0.3 is 5.11 Å². The second-order valence-electron chi connectivity index (χ2n) is 6.86. The smallest absolute Gasteiger partial charge is 0.309 e. The Balaban J connectivity index is 2.18. The van der Waals surface area contributed by atoms with Crippen molar-refractivity contribution in [2.75, 3.05) is 0 Å². The van der Waals surface area contributed by atoms with Crippen molar-refractivity contribution in [3.8, 4) is 0 Å². The molecule has 0 aliphatic heterocycles. The molecule has 1 aromatic carbocycles. The first kappa shape index (κ1) is 15.1. The zero-order valence-electron chi connectivity index (χ0n) is 12.9. The van der Waals surface area contributed by atoms with Crippen LogP contribution in [-0.2, 0) is 11.2 Å². The molecule has 2 unspecified atom stereocenters. The van der Waals surface area contributed by atoms with E-state index in [1.807, 2.05) is 0 Å². The van der Waals surface area contributed by atoms with Crippen LogP contribution in [0, 0.1) is 11.3 Å². The Labute approximate surface area is 122 Å². The van der Waals surface area contributed by atoms with E-state index >= 15 is 0 Å². The van der Waals surface area contributed by atoms with E-state index in [1.54, 1.807) is 0 Å². The lowest BCUT2D eigenvalue weighted by molar-refractivity contribution is -0.152. The second-order valence-corrected chi connectivity index (χ2v) is 6.86. The summed E-state index contributed by atoms with van der Waals surface area (Å²) in [6.07, 6.45) is 4.51. The third-order valence-electron chi connectivity index (χ3n) is 4.73. The van der Waals surface area contributed by atoms with Crippen LogP contribution in [0.5, 0.6) is 0 Å². The predicted octanol–water partition coefficient (Wildman–Crippen LogP) is 4.63. The van der Waals surface area contributed by atoms with E-state index in [4.69, 9.17) is 0 Å². The highest BCUT2D eigenvalue weighted by molar-refractivity contribution is 5.75. The van der Waals surface area contributed by atoms with Crippen molar-refractivity contribution in [1.29, 1.82) is 0 Å². The van der Waals surface area contributed by atoms with Gasteiger partial charge in [-0.2, -0.15) is 0 Å². The van der Waals surface area contributed by atoms with Crippen molar-refractivity contribution in [1.82, 2.24) is 0 Å². The number of rotatable bonds is 4. The summed E-state index contributed by atoms with van der Waals surface area (Å²) in [5.41, 5.74) is 1.93. The molecule has 0 bridgehead atoms. The van der Waals surface area contributed by atoms with Gasteiger partial charge in [-0.15, -0.1) is 0 Å². The van der Waals surface area contributed by atoms with Gasteiger partial charge in [-0.05, 0) is 42.2 Å². The van der Waals surface area contributed by atoms with Crippen molar-refractivity contribution in [3.63, 3.8) is 0 Å². The highest BCUT2D eigenvalue weighted by Crippen LogP contribution is 2.42. The van der Waals surface area contributed by atoms with Gasteiger partial charge in [-0.25, -0.2) is 0 Å². The molecule has 2 atom stereocenters. The summed E-state index contributed by atoms with van der Waals surface area (Å²) in [5, 5.41) is 9.71. The molecular formula is C18H26O2. The van der Waals surface area contributed by atoms with Crippen molar-refractivity contribution in [2.24, 2.45) is 11.3 Å². The van der Waals surface area contributed by atoms with Crippen LogP contribution in [0.3, 0.4) is 0 Å². The second kappa shape index (κ2) is 5.99. The number of aliphatic carboxylic acids is 1. The molecule has 0 spiro atoms. The molecule has 2 nitrogen and oxygen atoms in total. The molecule has 1 saturated carbocycles. The molecule has 0 amide bonds. The van der Waals surface area contributed by atoms with E-state index in [-0.39, 0.29) is 0 Å². The van der Waals surface area contributed by atoms with Gasteiger partial charge in [0.15, 0.2) is 0 Å². The Morgan fingerprint density at radius 1 is 1.35 bits per heavy atom. The largest absolute Gasteiger partial charge is 0.481 e. The Morgan fingerprint density at radius 2 is 2.00 bits per heavy atom. The first-order valence-electron chi connectivity index (χ1n) is 7.75. The SMILES string of the molecule is CC1CCCC(Cc2ccc(C(C)C)cc2)(C(=O)O)C1. The van der Waals surface area contributed by atoms with Crippen LogP contribution in [0.15, 0.2) is 24.3 Å². The van der Waals surface area contributed by atoms with Gasteiger partial charge >= 0.3 is 5.97 Å². The van der Waals surface area contributed by atoms with Crippen molar-refractivity contribution in [2.45, 2.75) is 58.8 Å². The highest BCUT2D eigenvalue weighted by atomic mass is 16.4. The molecule has 2 rings (SSSR count). The lowest BCUT2D eigenvalue weighted by Crippen LogP contribution is -2.37. The first-order valence-corrected chi connectivity index (χ1v) is 7.75. The van der Waals surface area contributed by atoms with E-state index in [0.717, 1.165) is 24.8 Å². The Morgan fingerprint density at radius 3 is 2.50 bits per heavy atom. The molecule has 0 aromatic heterocycles. The molecule has 2 heteroatoms. The summed E-state index contributed by atoms with van der Waals surface area (Å²) >= 11 is 0. The summed E-state index contributed by atoms with van der Waals surface area (Å²) in [4.78, 5) is 11.8. The topological polar surface area (TPSA) is 37.3 Å². The fraction of sp³-hybridized carbons (Fsp3) is 0.611. The molecule has 1 aliphatic carbocycles. The standard InChI is InChI=1S/C18H26O2/c1-13(2)16-8-6-15(7-9-16)12-18(17(19)20)10-4-5-14(3)11-18/h6-9,13-14H,4-5,10-12H2,1-3H3,(H,19,20). The molecule has 1 fully saturated rings. The van der Waals surface area contributed by atoms with Gasteiger partial charge in [0.05, 0.1) is 5.41 Å².